The van der Waals surface area contributed by atoms with E-state index in [2.05, 4.69) is 4.98 Å². The quantitative estimate of drug-likeness (QED) is 0.844. The summed E-state index contributed by atoms with van der Waals surface area (Å²) < 4.78 is 1.33. The van der Waals surface area contributed by atoms with Crippen LogP contribution >= 0.6 is 0 Å². The summed E-state index contributed by atoms with van der Waals surface area (Å²) in [5.74, 6) is 0.133. The molecule has 1 fully saturated rings. The maximum atomic E-state index is 12.9. The molecule has 0 bridgehead atoms. The van der Waals surface area contributed by atoms with Crippen molar-refractivity contribution < 1.29 is 9.90 Å². The Labute approximate surface area is 151 Å². The van der Waals surface area contributed by atoms with Gasteiger partial charge in [-0.1, -0.05) is 43.2 Å². The molecule has 0 atom stereocenters. The van der Waals surface area contributed by atoms with Crippen molar-refractivity contribution in [1.82, 2.24) is 14.5 Å². The summed E-state index contributed by atoms with van der Waals surface area (Å²) >= 11 is 0. The number of hydrogen-bond acceptors (Lipinski definition) is 4. The minimum absolute atomic E-state index is 0.0335. The number of hydrogen-bond donors (Lipinski definition) is 1. The normalized spacial score (nSPS) is 18.6. The number of carbonyl (C=O) groups excluding carboxylic acids is 1. The summed E-state index contributed by atoms with van der Waals surface area (Å²) in [5.41, 5.74) is 0.546. The molecule has 4 rings (SSSR count). The minimum Gasteiger partial charge on any atom is -0.507 e. The number of aliphatic hydroxyl groups excluding tert-OH is 1. The number of nitrogens with zero attached hydrogens (tertiary/aromatic N) is 3. The van der Waals surface area contributed by atoms with Crippen LogP contribution in [0.1, 0.15) is 53.1 Å². The van der Waals surface area contributed by atoms with Crippen molar-refractivity contribution in [3.63, 3.8) is 0 Å². The van der Waals surface area contributed by atoms with E-state index in [0.717, 1.165) is 25.7 Å². The van der Waals surface area contributed by atoms with Gasteiger partial charge in [0.2, 0.25) is 0 Å². The highest BCUT2D eigenvalue weighted by atomic mass is 16.3. The summed E-state index contributed by atoms with van der Waals surface area (Å²) in [5, 5.41) is 10.4. The molecular weight excluding hydrogens is 330 g/mol. The molecule has 1 N–H and O–H groups in total. The van der Waals surface area contributed by atoms with E-state index in [9.17, 15) is 14.7 Å². The standard InChI is InChI=1S/C20H21N3O3/c1-22-15(12-14(24)13-8-4-3-5-9-13)21-17-16(18(22)25)19(26)23(2)20(17)10-6-7-11-20/h3-5,8-9,12,24H,6-7,10-11H2,1-2H3/b14-12-. The van der Waals surface area contributed by atoms with E-state index in [0.29, 0.717) is 17.1 Å². The van der Waals surface area contributed by atoms with Crippen molar-refractivity contribution in [3.05, 3.63) is 63.3 Å². The second kappa shape index (κ2) is 5.83. The number of aliphatic hydroxyl groups is 1. The first-order chi connectivity index (χ1) is 12.5. The fraction of sp³-hybridized carbons (Fsp3) is 0.350. The Bertz CT molecular complexity index is 970. The predicted octanol–water partition coefficient (Wildman–Crippen LogP) is 2.69. The molecular formula is C20H21N3O3. The van der Waals surface area contributed by atoms with E-state index >= 15 is 0 Å². The molecule has 0 saturated heterocycles. The number of aromatic nitrogens is 2. The lowest BCUT2D eigenvalue weighted by Crippen LogP contribution is -2.39. The third kappa shape index (κ3) is 2.21. The number of benzene rings is 1. The Hall–Kier alpha value is -2.89. The lowest BCUT2D eigenvalue weighted by atomic mass is 9.93. The van der Waals surface area contributed by atoms with Crippen molar-refractivity contribution in [1.29, 1.82) is 0 Å². The van der Waals surface area contributed by atoms with Gasteiger partial charge in [-0.15, -0.1) is 0 Å². The van der Waals surface area contributed by atoms with E-state index in [1.807, 2.05) is 18.2 Å². The molecule has 1 aromatic carbocycles. The van der Waals surface area contributed by atoms with Gasteiger partial charge in [0.05, 0.1) is 11.2 Å². The van der Waals surface area contributed by atoms with Crippen LogP contribution < -0.4 is 5.56 Å². The van der Waals surface area contributed by atoms with Crippen LogP contribution in [0.4, 0.5) is 0 Å². The molecule has 134 valence electrons. The van der Waals surface area contributed by atoms with Gasteiger partial charge in [0.25, 0.3) is 11.5 Å². The van der Waals surface area contributed by atoms with Crippen LogP contribution in [-0.4, -0.2) is 32.5 Å². The Kier molecular flexibility index (Phi) is 3.72. The van der Waals surface area contributed by atoms with Gasteiger partial charge in [-0.25, -0.2) is 4.98 Å². The fourth-order valence-corrected chi connectivity index (χ4v) is 4.14. The highest BCUT2D eigenvalue weighted by Gasteiger charge is 2.52. The maximum absolute atomic E-state index is 12.9. The molecule has 6 heteroatoms. The molecule has 1 saturated carbocycles. The second-order valence-corrected chi connectivity index (χ2v) is 7.06. The Morgan fingerprint density at radius 2 is 1.81 bits per heavy atom. The van der Waals surface area contributed by atoms with Gasteiger partial charge >= 0.3 is 0 Å². The van der Waals surface area contributed by atoms with Gasteiger partial charge in [0, 0.05) is 25.7 Å². The van der Waals surface area contributed by atoms with Gasteiger partial charge in [-0.2, -0.15) is 0 Å². The lowest BCUT2D eigenvalue weighted by molar-refractivity contribution is 0.0636. The molecule has 6 nitrogen and oxygen atoms in total. The molecule has 2 aromatic rings. The highest BCUT2D eigenvalue weighted by Crippen LogP contribution is 2.47. The van der Waals surface area contributed by atoms with Crippen LogP contribution in [0.25, 0.3) is 11.8 Å². The number of carbonyl (C=O) groups is 1. The molecule has 1 amide bonds. The average molecular weight is 351 g/mol. The molecule has 1 spiro atoms. The fourth-order valence-electron chi connectivity index (χ4n) is 4.14. The summed E-state index contributed by atoms with van der Waals surface area (Å²) in [6.45, 7) is 0. The van der Waals surface area contributed by atoms with Crippen molar-refractivity contribution in [2.75, 3.05) is 7.05 Å². The Balaban J connectivity index is 1.90. The van der Waals surface area contributed by atoms with E-state index in [4.69, 9.17) is 0 Å². The van der Waals surface area contributed by atoms with Crippen LogP contribution in [-0.2, 0) is 12.6 Å². The van der Waals surface area contributed by atoms with Crippen molar-refractivity contribution in [2.24, 2.45) is 7.05 Å². The van der Waals surface area contributed by atoms with E-state index in [-0.39, 0.29) is 22.8 Å². The largest absolute Gasteiger partial charge is 0.507 e. The zero-order valence-electron chi connectivity index (χ0n) is 14.9. The third-order valence-corrected chi connectivity index (χ3v) is 5.69. The molecule has 1 aliphatic carbocycles. The van der Waals surface area contributed by atoms with Crippen LogP contribution in [0.2, 0.25) is 0 Å². The highest BCUT2D eigenvalue weighted by molar-refractivity contribution is 5.99. The number of fused-ring (bicyclic) bond motifs is 2. The molecule has 0 radical (unpaired) electrons. The van der Waals surface area contributed by atoms with Gasteiger partial charge in [0.1, 0.15) is 17.1 Å². The maximum Gasteiger partial charge on any atom is 0.266 e. The zero-order chi connectivity index (χ0) is 18.5. The van der Waals surface area contributed by atoms with Gasteiger partial charge in [-0.05, 0) is 12.8 Å². The first-order valence-electron chi connectivity index (χ1n) is 8.81. The monoisotopic (exact) mass is 351 g/mol. The minimum atomic E-state index is -0.481. The summed E-state index contributed by atoms with van der Waals surface area (Å²) in [4.78, 5) is 31.9. The van der Waals surface area contributed by atoms with Crippen LogP contribution in [0, 0.1) is 0 Å². The van der Waals surface area contributed by atoms with Crippen LogP contribution in [0.3, 0.4) is 0 Å². The molecule has 2 aliphatic rings. The Morgan fingerprint density at radius 1 is 1.15 bits per heavy atom. The number of amides is 1. The molecule has 2 heterocycles. The van der Waals surface area contributed by atoms with E-state index < -0.39 is 5.54 Å². The second-order valence-electron chi connectivity index (χ2n) is 7.06. The molecule has 1 aliphatic heterocycles. The van der Waals surface area contributed by atoms with Gasteiger partial charge in [-0.3, -0.25) is 14.2 Å². The number of rotatable bonds is 2. The predicted molar refractivity (Wildman–Crippen MR) is 98.7 cm³/mol. The van der Waals surface area contributed by atoms with Crippen molar-refractivity contribution in [3.8, 4) is 0 Å². The first kappa shape index (κ1) is 16.6. The first-order valence-corrected chi connectivity index (χ1v) is 8.81. The topological polar surface area (TPSA) is 75.4 Å². The van der Waals surface area contributed by atoms with Crippen LogP contribution in [0.15, 0.2) is 35.1 Å². The van der Waals surface area contributed by atoms with Gasteiger partial charge < -0.3 is 10.0 Å². The van der Waals surface area contributed by atoms with E-state index in [1.165, 1.54) is 10.6 Å². The zero-order valence-corrected chi connectivity index (χ0v) is 14.9. The summed E-state index contributed by atoms with van der Waals surface area (Å²) in [6, 6.07) is 9.09. The average Bonchev–Trinajstić information content (AvgIpc) is 3.22. The van der Waals surface area contributed by atoms with Crippen LogP contribution in [0.5, 0.6) is 0 Å². The smallest absolute Gasteiger partial charge is 0.266 e. The summed E-state index contributed by atoms with van der Waals surface area (Å²) in [6.07, 6.45) is 5.14. The van der Waals surface area contributed by atoms with E-state index in [1.54, 1.807) is 31.1 Å². The molecule has 1 aromatic heterocycles. The third-order valence-electron chi connectivity index (χ3n) is 5.69. The SMILES string of the molecule is CN1C(=O)c2c(nc(/C=C(\O)c3ccccc3)n(C)c2=O)C12CCCC2. The lowest BCUT2D eigenvalue weighted by Gasteiger charge is -2.31. The van der Waals surface area contributed by atoms with Gasteiger partial charge in [0.15, 0.2) is 0 Å². The van der Waals surface area contributed by atoms with Crippen molar-refractivity contribution >= 4 is 17.7 Å². The molecule has 26 heavy (non-hydrogen) atoms. The van der Waals surface area contributed by atoms with Crippen molar-refractivity contribution in [2.45, 2.75) is 31.2 Å². The Morgan fingerprint density at radius 3 is 2.46 bits per heavy atom. The summed E-state index contributed by atoms with van der Waals surface area (Å²) in [7, 11) is 3.33. The molecule has 0 unspecified atom stereocenters.